The maximum Gasteiger partial charge on any atom is 0.244 e. The van der Waals surface area contributed by atoms with Crippen molar-refractivity contribution in [2.45, 2.75) is 38.6 Å². The van der Waals surface area contributed by atoms with Gasteiger partial charge in [-0.15, -0.1) is 0 Å². The zero-order valence-electron chi connectivity index (χ0n) is 15.0. The average Bonchev–Trinajstić information content (AvgIpc) is 3.22. The smallest absolute Gasteiger partial charge is 0.244 e. The number of carbonyl (C=O) groups excluding carboxylic acids is 1. The van der Waals surface area contributed by atoms with Gasteiger partial charge in [-0.2, -0.15) is 5.10 Å². The number of nitrogens with one attached hydrogen (secondary N) is 1. The summed E-state index contributed by atoms with van der Waals surface area (Å²) in [4.78, 5) is 12.5. The van der Waals surface area contributed by atoms with Gasteiger partial charge in [-0.3, -0.25) is 9.48 Å². The van der Waals surface area contributed by atoms with Gasteiger partial charge in [0, 0.05) is 18.7 Å². The molecule has 0 saturated heterocycles. The standard InChI is InChI=1S/C20H23ClFN3O/c1-13-17(20(21)25(2)24-13)11-12-18(26)23-19(14-5-3-4-6-14)15-7-9-16(22)10-8-15/h7-12,14,19H,3-6H2,1-2H3,(H,23,26)/b12-11-/t19-/m0/s1. The third-order valence-electron chi connectivity index (χ3n) is 5.00. The molecule has 138 valence electrons. The van der Waals surface area contributed by atoms with Gasteiger partial charge in [-0.1, -0.05) is 36.6 Å². The molecule has 1 aromatic carbocycles. The number of aryl methyl sites for hydroxylation is 2. The van der Waals surface area contributed by atoms with E-state index >= 15 is 0 Å². The van der Waals surface area contributed by atoms with Gasteiger partial charge in [0.25, 0.3) is 0 Å². The van der Waals surface area contributed by atoms with Gasteiger partial charge in [0.1, 0.15) is 11.0 Å². The lowest BCUT2D eigenvalue weighted by Gasteiger charge is -2.24. The molecule has 1 saturated carbocycles. The Balaban J connectivity index is 1.76. The molecule has 1 aliphatic carbocycles. The van der Waals surface area contributed by atoms with Crippen molar-refractivity contribution in [1.29, 1.82) is 0 Å². The third kappa shape index (κ3) is 4.15. The number of hydrogen-bond acceptors (Lipinski definition) is 2. The molecule has 0 spiro atoms. The lowest BCUT2D eigenvalue weighted by atomic mass is 9.91. The SMILES string of the molecule is Cc1nn(C)c(Cl)c1/C=C\C(=O)N[C@H](c1ccc(F)cc1)C1CCCC1. The summed E-state index contributed by atoms with van der Waals surface area (Å²) in [6.45, 7) is 1.85. The minimum absolute atomic E-state index is 0.110. The summed E-state index contributed by atoms with van der Waals surface area (Å²) < 4.78 is 14.8. The van der Waals surface area contributed by atoms with Gasteiger partial charge in [0.05, 0.1) is 11.7 Å². The number of nitrogens with zero attached hydrogens (tertiary/aromatic N) is 2. The Labute approximate surface area is 158 Å². The van der Waals surface area contributed by atoms with Crippen LogP contribution in [0.15, 0.2) is 30.3 Å². The van der Waals surface area contributed by atoms with Crippen LogP contribution in [-0.4, -0.2) is 15.7 Å². The Morgan fingerprint density at radius 2 is 2.00 bits per heavy atom. The minimum atomic E-state index is -0.271. The number of carbonyl (C=O) groups is 1. The van der Waals surface area contributed by atoms with Crippen molar-refractivity contribution in [2.24, 2.45) is 13.0 Å². The molecule has 4 nitrogen and oxygen atoms in total. The number of halogens is 2. The summed E-state index contributed by atoms with van der Waals surface area (Å²) in [7, 11) is 1.76. The largest absolute Gasteiger partial charge is 0.345 e. The van der Waals surface area contributed by atoms with Crippen LogP contribution in [-0.2, 0) is 11.8 Å². The van der Waals surface area contributed by atoms with Crippen molar-refractivity contribution >= 4 is 23.6 Å². The van der Waals surface area contributed by atoms with Gasteiger partial charge in [0.2, 0.25) is 5.91 Å². The predicted octanol–water partition coefficient (Wildman–Crippen LogP) is 4.58. The molecule has 0 bridgehead atoms. The summed E-state index contributed by atoms with van der Waals surface area (Å²) in [6, 6.07) is 6.28. The van der Waals surface area contributed by atoms with E-state index in [0.717, 1.165) is 29.7 Å². The Morgan fingerprint density at radius 1 is 1.35 bits per heavy atom. The molecule has 0 aliphatic heterocycles. The number of benzene rings is 1. The zero-order valence-corrected chi connectivity index (χ0v) is 15.8. The van der Waals surface area contributed by atoms with Crippen LogP contribution in [0.2, 0.25) is 5.15 Å². The fourth-order valence-electron chi connectivity index (χ4n) is 3.63. The molecule has 6 heteroatoms. The Bertz CT molecular complexity index is 807. The van der Waals surface area contributed by atoms with E-state index in [-0.39, 0.29) is 17.8 Å². The van der Waals surface area contributed by atoms with Crippen molar-refractivity contribution in [2.75, 3.05) is 0 Å². The van der Waals surface area contributed by atoms with Crippen molar-refractivity contribution in [3.8, 4) is 0 Å². The van der Waals surface area contributed by atoms with Crippen LogP contribution in [0.4, 0.5) is 4.39 Å². The van der Waals surface area contributed by atoms with Gasteiger partial charge in [-0.25, -0.2) is 4.39 Å². The molecular weight excluding hydrogens is 353 g/mol. The van der Waals surface area contributed by atoms with Crippen LogP contribution in [0.25, 0.3) is 6.08 Å². The maximum atomic E-state index is 13.3. The molecule has 26 heavy (non-hydrogen) atoms. The molecule has 1 fully saturated rings. The Morgan fingerprint density at radius 3 is 2.58 bits per heavy atom. The molecule has 0 radical (unpaired) electrons. The van der Waals surface area contributed by atoms with Crippen LogP contribution >= 0.6 is 11.6 Å². The fraction of sp³-hybridized carbons (Fsp3) is 0.400. The zero-order chi connectivity index (χ0) is 18.7. The van der Waals surface area contributed by atoms with Crippen LogP contribution < -0.4 is 5.32 Å². The van der Waals surface area contributed by atoms with Gasteiger partial charge in [0.15, 0.2) is 0 Å². The van der Waals surface area contributed by atoms with E-state index in [4.69, 9.17) is 11.6 Å². The van der Waals surface area contributed by atoms with Crippen molar-refractivity contribution in [3.63, 3.8) is 0 Å². The van der Waals surface area contributed by atoms with Crippen LogP contribution in [0.5, 0.6) is 0 Å². The molecule has 1 atom stereocenters. The van der Waals surface area contributed by atoms with Crippen LogP contribution in [0.1, 0.15) is 48.5 Å². The Hall–Kier alpha value is -2.14. The fourth-order valence-corrected chi connectivity index (χ4v) is 3.87. The molecule has 0 unspecified atom stereocenters. The minimum Gasteiger partial charge on any atom is -0.345 e. The highest BCUT2D eigenvalue weighted by Gasteiger charge is 2.27. The second-order valence-corrected chi connectivity index (χ2v) is 7.19. The van der Waals surface area contributed by atoms with Crippen LogP contribution in [0.3, 0.4) is 0 Å². The van der Waals surface area contributed by atoms with Crippen molar-refractivity contribution in [3.05, 3.63) is 58.1 Å². The Kier molecular flexibility index (Phi) is 5.77. The first-order valence-electron chi connectivity index (χ1n) is 8.89. The first-order valence-corrected chi connectivity index (χ1v) is 9.26. The summed E-state index contributed by atoms with van der Waals surface area (Å²) in [5.41, 5.74) is 2.45. The van der Waals surface area contributed by atoms with Crippen molar-refractivity contribution < 1.29 is 9.18 Å². The van der Waals surface area contributed by atoms with E-state index in [1.54, 1.807) is 29.9 Å². The highest BCUT2D eigenvalue weighted by molar-refractivity contribution is 6.31. The van der Waals surface area contributed by atoms with Crippen LogP contribution in [0, 0.1) is 18.7 Å². The molecule has 2 aromatic rings. The molecule has 1 N–H and O–H groups in total. The summed E-state index contributed by atoms with van der Waals surface area (Å²) in [6.07, 6.45) is 7.65. The first-order chi connectivity index (χ1) is 12.5. The average molecular weight is 376 g/mol. The van der Waals surface area contributed by atoms with Gasteiger partial charge in [-0.05, 0) is 49.5 Å². The van der Waals surface area contributed by atoms with Gasteiger partial charge >= 0.3 is 0 Å². The number of rotatable bonds is 5. The molecule has 1 heterocycles. The van der Waals surface area contributed by atoms with E-state index in [1.807, 2.05) is 6.92 Å². The van der Waals surface area contributed by atoms with Gasteiger partial charge < -0.3 is 5.32 Å². The molecular formula is C20H23ClFN3O. The van der Waals surface area contributed by atoms with E-state index in [9.17, 15) is 9.18 Å². The normalized spacial score (nSPS) is 16.3. The number of amides is 1. The van der Waals surface area contributed by atoms with E-state index in [1.165, 1.54) is 31.1 Å². The highest BCUT2D eigenvalue weighted by atomic mass is 35.5. The molecule has 1 aromatic heterocycles. The first kappa shape index (κ1) is 18.6. The molecule has 1 amide bonds. The summed E-state index contributed by atoms with van der Waals surface area (Å²) >= 11 is 6.20. The van der Waals surface area contributed by atoms with Crippen molar-refractivity contribution in [1.82, 2.24) is 15.1 Å². The molecule has 1 aliphatic rings. The highest BCUT2D eigenvalue weighted by Crippen LogP contribution is 2.35. The summed E-state index contributed by atoms with van der Waals surface area (Å²) in [5.74, 6) is -0.0843. The molecule has 3 rings (SSSR count). The van der Waals surface area contributed by atoms with E-state index in [0.29, 0.717) is 11.1 Å². The maximum absolute atomic E-state index is 13.3. The van der Waals surface area contributed by atoms with E-state index in [2.05, 4.69) is 10.4 Å². The second-order valence-electron chi connectivity index (χ2n) is 6.83. The number of aromatic nitrogens is 2. The predicted molar refractivity (Wildman–Crippen MR) is 101 cm³/mol. The lowest BCUT2D eigenvalue weighted by Crippen LogP contribution is -2.31. The second kappa shape index (κ2) is 8.04. The number of hydrogen-bond donors (Lipinski definition) is 1. The quantitative estimate of drug-likeness (QED) is 0.777. The van der Waals surface area contributed by atoms with E-state index < -0.39 is 0 Å². The monoisotopic (exact) mass is 375 g/mol. The lowest BCUT2D eigenvalue weighted by molar-refractivity contribution is -0.117. The summed E-state index contributed by atoms with van der Waals surface area (Å²) in [5, 5.41) is 7.82. The topological polar surface area (TPSA) is 46.9 Å². The third-order valence-corrected chi connectivity index (χ3v) is 5.44.